The average Bonchev–Trinajstić information content (AvgIpc) is 0.847. The lowest BCUT2D eigenvalue weighted by Gasteiger charge is -2.08. The van der Waals surface area contributed by atoms with Gasteiger partial charge in [0.05, 0.1) is 240 Å². The first-order chi connectivity index (χ1) is 52.8. The lowest BCUT2D eigenvalue weighted by Crippen LogP contribution is -1.97. The molecule has 0 aliphatic rings. The predicted molar refractivity (Wildman–Crippen MR) is 369 cm³/mol. The van der Waals surface area contributed by atoms with E-state index in [1.54, 1.807) is 102 Å². The minimum atomic E-state index is -0.489. The number of hydrogen-bond donors (Lipinski definition) is 0. The molecule has 0 fully saturated rings. The topological polar surface area (TPSA) is 467 Å². The van der Waals surface area contributed by atoms with Crippen molar-refractivity contribution in [2.24, 2.45) is 0 Å². The smallest absolute Gasteiger partial charge is 0.213 e. The van der Waals surface area contributed by atoms with Gasteiger partial charge < -0.3 is 0 Å². The molecule has 0 saturated heterocycles. The fraction of sp³-hybridized carbons (Fsp3) is 0.115. The van der Waals surface area contributed by atoms with Crippen LogP contribution in [0.3, 0.4) is 0 Å². The molecular formula is C78H33N27. The molecular weight excluding hydrogens is 1320 g/mol. The van der Waals surface area contributed by atoms with Gasteiger partial charge in [-0.1, -0.05) is 18.1 Å². The van der Waals surface area contributed by atoms with Gasteiger partial charge in [0.25, 0.3) is 0 Å². The van der Waals surface area contributed by atoms with E-state index in [9.17, 15) is 0 Å². The zero-order valence-electron chi connectivity index (χ0n) is 61.6. The van der Waals surface area contributed by atoms with E-state index in [-0.39, 0.29) is 181 Å². The van der Waals surface area contributed by atoms with Gasteiger partial charge in [0.1, 0.15) is 12.1 Å². The van der Waals surface area contributed by atoms with Crippen LogP contribution in [0.5, 0.6) is 0 Å². The van der Waals surface area contributed by atoms with E-state index in [0.717, 1.165) is 0 Å². The molecule has 0 aromatic heterocycles. The van der Waals surface area contributed by atoms with Gasteiger partial charge in [-0.05, 0) is 131 Å². The van der Waals surface area contributed by atoms with E-state index in [1.807, 2.05) is 48.6 Å². The van der Waals surface area contributed by atoms with Crippen molar-refractivity contribution in [1.29, 1.82) is 94.7 Å². The standard InChI is InChI=1S/2C12H6N4.3C11H4N4.C11H7N3.C10H2N4/c1-7-9(4-13)10(5-14)8(2)12(16-3)11(7)6-15;1-7-9(4-13)8(2)12(16-3)11(6-15)10(7)5-14;1-7-10(6-14)8(4-12)3-9(5-13)11(7)15-2;1-7-8(4-12)3-9(5-13)10(6-14)11(7)15-2;1-7-4-10(14-2)11(15-3)9(6-13)8(7)5-12;1-7-9(5-12)4-10(6-13)8(2)11(7)14-3;1-13-9-4-3-7(5-11)8(6-12)10(9)14-2/h2*1-2H3;2*3H,1H3;4H,1H3;4H,1-2H3;3-4H/i;;2*3D;2*4D;3D,4D. The van der Waals surface area contributed by atoms with Gasteiger partial charge in [-0.3, -0.25) is 9.69 Å². The summed E-state index contributed by atoms with van der Waals surface area (Å²) in [6.45, 7) is 76.4. The molecule has 0 spiro atoms. The van der Waals surface area contributed by atoms with E-state index in [2.05, 4.69) is 43.6 Å². The number of hydrogen-bond acceptors (Lipinski definition) is 18. The minimum Gasteiger partial charge on any atom is -0.250 e. The Balaban J connectivity index is 0.000000648. The fourth-order valence-corrected chi connectivity index (χ4v) is 8.69. The fourth-order valence-electron chi connectivity index (χ4n) is 8.69. The highest BCUT2D eigenvalue weighted by Crippen LogP contribution is 2.38. The maximum atomic E-state index is 8.96. The first kappa shape index (κ1) is 73.2. The maximum absolute atomic E-state index is 8.96. The third-order valence-corrected chi connectivity index (χ3v) is 14.0. The van der Waals surface area contributed by atoms with E-state index < -0.39 is 12.1 Å². The van der Waals surface area contributed by atoms with Gasteiger partial charge in [-0.2, -0.15) is 94.7 Å². The molecule has 7 aromatic rings. The first-order valence-electron chi connectivity index (χ1n) is 30.5. The maximum Gasteiger partial charge on any atom is 0.213 e. The van der Waals surface area contributed by atoms with Gasteiger partial charge in [0.15, 0.2) is 17.1 Å². The summed E-state index contributed by atoms with van der Waals surface area (Å²) in [4.78, 5) is 28.1. The summed E-state index contributed by atoms with van der Waals surface area (Å²) < 4.78 is 45.4. The molecule has 27 heteroatoms. The quantitative estimate of drug-likeness (QED) is 0.127. The molecule has 480 valence electrons. The molecule has 0 atom stereocenters. The Morgan fingerprint density at radius 2 is 0.486 bits per heavy atom. The molecule has 0 radical (unpaired) electrons. The molecule has 0 saturated carbocycles. The minimum absolute atomic E-state index is 0.00231. The van der Waals surface area contributed by atoms with Gasteiger partial charge in [-0.25, -0.2) is 33.9 Å². The molecule has 0 heterocycles. The van der Waals surface area contributed by atoms with Crippen molar-refractivity contribution < 1.29 is 8.22 Å². The monoisotopic (exact) mass is 1350 g/mol. The summed E-state index contributed by atoms with van der Waals surface area (Å²) in [5.74, 6) is 0. The van der Waals surface area contributed by atoms with Crippen LogP contribution in [-0.4, -0.2) is 0 Å². The number of nitrogens with zero attached hydrogens (tertiary/aromatic N) is 27. The molecule has 0 amide bonds. The summed E-state index contributed by atoms with van der Waals surface area (Å²) in [5, 5.41) is 160. The molecule has 0 aliphatic carbocycles. The van der Waals surface area contributed by atoms with Crippen LogP contribution in [0.1, 0.15) is 158 Å². The Bertz CT molecular complexity index is 5650. The van der Waals surface area contributed by atoms with Crippen LogP contribution in [0.4, 0.5) is 51.2 Å². The van der Waals surface area contributed by atoms with E-state index in [4.69, 9.17) is 162 Å². The van der Waals surface area contributed by atoms with Crippen LogP contribution in [0.15, 0.2) is 36.3 Å². The van der Waals surface area contributed by atoms with Crippen LogP contribution < -0.4 is 0 Å². The zero-order valence-corrected chi connectivity index (χ0v) is 55.6. The number of nitriles is 18. The summed E-state index contributed by atoms with van der Waals surface area (Å²) in [6, 6.07) is 30.5. The Labute approximate surface area is 612 Å². The highest BCUT2D eigenvalue weighted by Gasteiger charge is 2.23. The SMILES string of the molecule is [2H]c1c(C#N)c(C#N)c(C)c([N+]#[C-])c1C#N.[2H]c1c(C#N)c(C)c([N+]#[C-])c(C#N)c1C#N.[2H]c1c(C#N)c(C)c([N+]#[C-])c(C)c1C#N.[2H]c1c(C)c(C#N)c(C#N)c([N+]#[C-])c1[N+]#[C-].[2H]c1c([2H])c([N+]#[C-])c([N+]#[C-])c(C#N)c1C#N.[C-]#[N+]c1c(C)c(C#N)c(C#N)c(C)c1C#N.[C-]#[N+]c1c(C)c(C#N)c(C)c(C#N)c1C#N. The van der Waals surface area contributed by atoms with Crippen molar-refractivity contribution in [3.8, 4) is 109 Å². The summed E-state index contributed by atoms with van der Waals surface area (Å²) in [6.07, 6.45) is 0. The van der Waals surface area contributed by atoms with Crippen molar-refractivity contribution in [1.82, 2.24) is 0 Å². The first-order valence-corrected chi connectivity index (χ1v) is 27.5. The Kier molecular flexibility index (Phi) is 28.0. The molecule has 0 N–H and O–H groups in total. The van der Waals surface area contributed by atoms with Crippen molar-refractivity contribution >= 4 is 51.2 Å². The Morgan fingerprint density at radius 3 is 0.857 bits per heavy atom. The highest BCUT2D eigenvalue weighted by atomic mass is 14.8. The lowest BCUT2D eigenvalue weighted by atomic mass is 9.92. The summed E-state index contributed by atoms with van der Waals surface area (Å²) >= 11 is 0. The van der Waals surface area contributed by atoms with Crippen molar-refractivity contribution in [2.45, 2.75) is 62.3 Å². The molecule has 0 unspecified atom stereocenters. The summed E-state index contributed by atoms with van der Waals surface area (Å²) in [5.41, 5.74) is 2.85. The predicted octanol–water partition coefficient (Wildman–Crippen LogP) is 17.2. The van der Waals surface area contributed by atoms with Crippen LogP contribution in [0.2, 0.25) is 0 Å². The van der Waals surface area contributed by atoms with Crippen LogP contribution in [0, 0.1) is 325 Å². The molecule has 0 bridgehead atoms. The van der Waals surface area contributed by atoms with Gasteiger partial charge in [-0.15, -0.1) is 0 Å². The van der Waals surface area contributed by atoms with E-state index in [0.29, 0.717) is 44.6 Å². The van der Waals surface area contributed by atoms with E-state index in [1.165, 1.54) is 20.8 Å². The Morgan fingerprint density at radius 1 is 0.210 bits per heavy atom. The van der Waals surface area contributed by atoms with Crippen LogP contribution >= 0.6 is 0 Å². The number of rotatable bonds is 0. The van der Waals surface area contributed by atoms with Crippen molar-refractivity contribution in [3.63, 3.8) is 0 Å². The largest absolute Gasteiger partial charge is 0.250 e. The molecule has 7 rings (SSSR count). The highest BCUT2D eigenvalue weighted by molar-refractivity contribution is 5.83. The molecule has 0 aliphatic heterocycles. The Hall–Kier alpha value is -19.2. The second kappa shape index (κ2) is 40.1. The lowest BCUT2D eigenvalue weighted by molar-refractivity contribution is 1.28. The molecule has 105 heavy (non-hydrogen) atoms. The third kappa shape index (κ3) is 18.0. The van der Waals surface area contributed by atoms with Gasteiger partial charge in [0, 0.05) is 25.0 Å². The van der Waals surface area contributed by atoms with Crippen LogP contribution in [-0.2, 0) is 0 Å². The van der Waals surface area contributed by atoms with E-state index >= 15 is 0 Å². The van der Waals surface area contributed by atoms with Crippen molar-refractivity contribution in [3.05, 3.63) is 289 Å². The van der Waals surface area contributed by atoms with Crippen molar-refractivity contribution in [2.75, 3.05) is 0 Å². The summed E-state index contributed by atoms with van der Waals surface area (Å²) in [7, 11) is 0. The molecule has 7 aromatic carbocycles. The third-order valence-electron chi connectivity index (χ3n) is 14.0. The van der Waals surface area contributed by atoms with Gasteiger partial charge in [0.2, 0.25) is 34.1 Å². The second-order valence-electron chi connectivity index (χ2n) is 19.3. The molecule has 27 nitrogen and oxygen atoms in total. The number of benzene rings is 7. The average molecular weight is 1350 g/mol. The van der Waals surface area contributed by atoms with Crippen LogP contribution in [0.25, 0.3) is 43.6 Å². The second-order valence-corrected chi connectivity index (χ2v) is 19.3. The normalized spacial score (nSPS) is 8.97. The zero-order chi connectivity index (χ0) is 85.3. The van der Waals surface area contributed by atoms with Gasteiger partial charge >= 0.3 is 0 Å².